The number of nitrogens with one attached hydrogen (secondary N) is 1. The van der Waals surface area contributed by atoms with Crippen LogP contribution >= 0.6 is 0 Å². The number of carbonyl (C=O) groups is 1. The summed E-state index contributed by atoms with van der Waals surface area (Å²) in [6, 6.07) is 0. The van der Waals surface area contributed by atoms with Gasteiger partial charge < -0.3 is 10.4 Å². The molecule has 2 N–H and O–H groups in total. The maximum absolute atomic E-state index is 9.00. The highest BCUT2D eigenvalue weighted by atomic mass is 16.4. The van der Waals surface area contributed by atoms with Crippen LogP contribution in [0.4, 0.5) is 0 Å². The molecule has 15 heavy (non-hydrogen) atoms. The van der Waals surface area contributed by atoms with Crippen LogP contribution in [0.15, 0.2) is 4.99 Å². The fourth-order valence-corrected chi connectivity index (χ4v) is 0.420. The van der Waals surface area contributed by atoms with Gasteiger partial charge in [0, 0.05) is 12.5 Å². The first-order valence-corrected chi connectivity index (χ1v) is 4.95. The quantitative estimate of drug-likeness (QED) is 0.522. The number of aliphatic imine (C=N–C) groups is 1. The summed E-state index contributed by atoms with van der Waals surface area (Å²) in [5, 5.41) is 10.6. The molecule has 0 spiro atoms. The minimum Gasteiger partial charge on any atom is -0.481 e. The van der Waals surface area contributed by atoms with Crippen LogP contribution in [0, 0.1) is 0 Å². The lowest BCUT2D eigenvalue weighted by molar-refractivity contribution is -0.134. The van der Waals surface area contributed by atoms with E-state index >= 15 is 0 Å². The van der Waals surface area contributed by atoms with Crippen molar-refractivity contribution in [3.63, 3.8) is 0 Å². The van der Waals surface area contributed by atoms with Gasteiger partial charge in [-0.3, -0.25) is 9.79 Å². The zero-order valence-electron chi connectivity index (χ0n) is 10.9. The molecule has 0 aromatic carbocycles. The molecule has 0 rings (SSSR count). The van der Waals surface area contributed by atoms with E-state index in [1.807, 2.05) is 0 Å². The number of hydrogen-bond donors (Lipinski definition) is 2. The Morgan fingerprint density at radius 2 is 1.53 bits per heavy atom. The average Bonchev–Trinajstić information content (AvgIpc) is 1.77. The van der Waals surface area contributed by atoms with Crippen LogP contribution in [0.25, 0.3) is 0 Å². The summed E-state index contributed by atoms with van der Waals surface area (Å²) in [7, 11) is 0. The molecule has 0 radical (unpaired) electrons. The molecule has 0 fully saturated rings. The van der Waals surface area contributed by atoms with Crippen molar-refractivity contribution >= 4 is 12.3 Å². The predicted octanol–water partition coefficient (Wildman–Crippen LogP) is 2.29. The fraction of sp³-hybridized carbons (Fsp3) is 0.818. The van der Waals surface area contributed by atoms with E-state index in [0.717, 1.165) is 6.92 Å². The maximum Gasteiger partial charge on any atom is 0.300 e. The molecule has 0 heterocycles. The molecule has 4 nitrogen and oxygen atoms in total. The zero-order valence-corrected chi connectivity index (χ0v) is 10.9. The normalized spacial score (nSPS) is 11.9. The van der Waals surface area contributed by atoms with E-state index in [2.05, 4.69) is 51.9 Å². The molecule has 0 saturated heterocycles. The van der Waals surface area contributed by atoms with Gasteiger partial charge in [-0.25, -0.2) is 0 Å². The van der Waals surface area contributed by atoms with Crippen LogP contribution in [0.1, 0.15) is 48.5 Å². The summed E-state index contributed by atoms with van der Waals surface area (Å²) in [4.78, 5) is 13.3. The summed E-state index contributed by atoms with van der Waals surface area (Å²) in [5.41, 5.74) is 0.146. The van der Waals surface area contributed by atoms with Gasteiger partial charge in [0.1, 0.15) is 0 Å². The number of rotatable bonds is 1. The van der Waals surface area contributed by atoms with E-state index in [0.29, 0.717) is 0 Å². The van der Waals surface area contributed by atoms with Crippen molar-refractivity contribution in [2.75, 3.05) is 0 Å². The summed E-state index contributed by atoms with van der Waals surface area (Å²) < 4.78 is 0. The van der Waals surface area contributed by atoms with E-state index in [1.54, 1.807) is 6.34 Å². The van der Waals surface area contributed by atoms with Crippen molar-refractivity contribution in [2.24, 2.45) is 4.99 Å². The van der Waals surface area contributed by atoms with Gasteiger partial charge in [-0.15, -0.1) is 0 Å². The topological polar surface area (TPSA) is 61.7 Å². The van der Waals surface area contributed by atoms with Crippen molar-refractivity contribution in [3.05, 3.63) is 0 Å². The molecule has 0 aliphatic carbocycles. The first kappa shape index (κ1) is 16.4. The molecular formula is C11H24N2O2. The Labute approximate surface area is 92.8 Å². The van der Waals surface area contributed by atoms with Crippen molar-refractivity contribution in [2.45, 2.75) is 59.5 Å². The lowest BCUT2D eigenvalue weighted by Gasteiger charge is -2.19. The van der Waals surface area contributed by atoms with Gasteiger partial charge in [0.15, 0.2) is 0 Å². The van der Waals surface area contributed by atoms with Crippen molar-refractivity contribution in [1.29, 1.82) is 0 Å². The van der Waals surface area contributed by atoms with Crippen LogP contribution in [0.2, 0.25) is 0 Å². The van der Waals surface area contributed by atoms with E-state index in [4.69, 9.17) is 9.90 Å². The third kappa shape index (κ3) is 32.2. The number of carboxylic acids is 1. The smallest absolute Gasteiger partial charge is 0.300 e. The summed E-state index contributed by atoms with van der Waals surface area (Å²) in [5.74, 6) is -0.833. The highest BCUT2D eigenvalue weighted by Crippen LogP contribution is 2.04. The Hall–Kier alpha value is -1.06. The Balaban J connectivity index is 0. The Morgan fingerprint density at radius 3 is 1.73 bits per heavy atom. The highest BCUT2D eigenvalue weighted by Gasteiger charge is 2.08. The molecule has 0 aliphatic heterocycles. The molecule has 0 bridgehead atoms. The Bertz CT molecular complexity index is 206. The number of nitrogens with zero attached hydrogens (tertiary/aromatic N) is 1. The van der Waals surface area contributed by atoms with Crippen LogP contribution < -0.4 is 5.32 Å². The first-order chi connectivity index (χ1) is 6.44. The molecule has 0 saturated carbocycles. The van der Waals surface area contributed by atoms with Crippen LogP contribution in [-0.2, 0) is 4.79 Å². The summed E-state index contributed by atoms with van der Waals surface area (Å²) >= 11 is 0. The molecule has 0 aliphatic rings. The second-order valence-electron chi connectivity index (χ2n) is 5.34. The lowest BCUT2D eigenvalue weighted by Crippen LogP contribution is -2.35. The molecule has 0 atom stereocenters. The second-order valence-corrected chi connectivity index (χ2v) is 5.34. The summed E-state index contributed by atoms with van der Waals surface area (Å²) in [6.45, 7) is 13.7. The van der Waals surface area contributed by atoms with Gasteiger partial charge in [-0.05, 0) is 41.5 Å². The van der Waals surface area contributed by atoms with Gasteiger partial charge >= 0.3 is 0 Å². The number of hydrogen-bond acceptors (Lipinski definition) is 2. The molecule has 4 heteroatoms. The number of carboxylic acid groups (broad SMARTS) is 1. The standard InChI is InChI=1S/C9H20N2.C2H4O2/c1-8(2,3)10-7-11-9(4,5)6;1-2(3)4/h7H,1-6H3,(H,10,11);1H3,(H,3,4). The van der Waals surface area contributed by atoms with Crippen LogP contribution in [0.3, 0.4) is 0 Å². The van der Waals surface area contributed by atoms with E-state index < -0.39 is 5.97 Å². The number of aliphatic carboxylic acids is 1. The fourth-order valence-electron chi connectivity index (χ4n) is 0.420. The van der Waals surface area contributed by atoms with E-state index in [1.165, 1.54) is 0 Å². The van der Waals surface area contributed by atoms with Gasteiger partial charge in [0.25, 0.3) is 5.97 Å². The monoisotopic (exact) mass is 216 g/mol. The minimum absolute atomic E-state index is 0.0260. The van der Waals surface area contributed by atoms with Crippen LogP contribution in [-0.4, -0.2) is 28.5 Å². The molecule has 0 aromatic rings. The maximum atomic E-state index is 9.00. The zero-order chi connectivity index (χ0) is 12.7. The molecule has 0 amide bonds. The third-order valence-corrected chi connectivity index (χ3v) is 0.949. The SMILES string of the molecule is CC(=O)O.CC(C)(C)N=CNC(C)(C)C. The van der Waals surface area contributed by atoms with Crippen molar-refractivity contribution in [3.8, 4) is 0 Å². The van der Waals surface area contributed by atoms with Gasteiger partial charge in [0.2, 0.25) is 0 Å². The van der Waals surface area contributed by atoms with Crippen molar-refractivity contribution in [1.82, 2.24) is 5.32 Å². The molecule has 90 valence electrons. The minimum atomic E-state index is -0.833. The Kier molecular flexibility index (Phi) is 7.02. The van der Waals surface area contributed by atoms with Crippen LogP contribution in [0.5, 0.6) is 0 Å². The average molecular weight is 216 g/mol. The molecular weight excluding hydrogens is 192 g/mol. The predicted molar refractivity (Wildman–Crippen MR) is 64.4 cm³/mol. The summed E-state index contributed by atoms with van der Waals surface area (Å²) in [6.07, 6.45) is 1.79. The van der Waals surface area contributed by atoms with E-state index in [9.17, 15) is 0 Å². The second kappa shape index (κ2) is 6.43. The lowest BCUT2D eigenvalue weighted by atomic mass is 10.1. The highest BCUT2D eigenvalue weighted by molar-refractivity contribution is 5.62. The van der Waals surface area contributed by atoms with Gasteiger partial charge in [0.05, 0.1) is 11.9 Å². The molecule has 0 unspecified atom stereocenters. The largest absolute Gasteiger partial charge is 0.481 e. The van der Waals surface area contributed by atoms with E-state index in [-0.39, 0.29) is 11.1 Å². The van der Waals surface area contributed by atoms with Gasteiger partial charge in [-0.1, -0.05) is 0 Å². The Morgan fingerprint density at radius 1 is 1.20 bits per heavy atom. The first-order valence-electron chi connectivity index (χ1n) is 4.95. The third-order valence-electron chi connectivity index (χ3n) is 0.949. The van der Waals surface area contributed by atoms with Crippen molar-refractivity contribution < 1.29 is 9.90 Å². The molecule has 0 aromatic heterocycles. The van der Waals surface area contributed by atoms with Gasteiger partial charge in [-0.2, -0.15) is 0 Å².